The molecule has 20 heavy (non-hydrogen) atoms. The van der Waals surface area contributed by atoms with Crippen molar-refractivity contribution in [1.82, 2.24) is 5.32 Å². The van der Waals surface area contributed by atoms with Crippen LogP contribution in [0.2, 0.25) is 0 Å². The van der Waals surface area contributed by atoms with Gasteiger partial charge in [0.1, 0.15) is 0 Å². The number of amides is 1. The normalized spacial score (nSPS) is 18.4. The largest absolute Gasteiger partial charge is 0.388 e. The summed E-state index contributed by atoms with van der Waals surface area (Å²) < 4.78 is 11.9. The van der Waals surface area contributed by atoms with Crippen LogP contribution in [-0.2, 0) is 10.8 Å². The van der Waals surface area contributed by atoms with Crippen molar-refractivity contribution >= 4 is 16.7 Å². The topological polar surface area (TPSA) is 66.4 Å². The molecular formula is C15H21NO3S. The van der Waals surface area contributed by atoms with Crippen molar-refractivity contribution in [2.75, 3.05) is 6.54 Å². The summed E-state index contributed by atoms with van der Waals surface area (Å²) in [5.41, 5.74) is -0.188. The third-order valence-corrected chi connectivity index (χ3v) is 5.23. The monoisotopic (exact) mass is 295 g/mol. The summed E-state index contributed by atoms with van der Waals surface area (Å²) in [5.74, 6) is -0.202. The van der Waals surface area contributed by atoms with Gasteiger partial charge >= 0.3 is 0 Å². The summed E-state index contributed by atoms with van der Waals surface area (Å²) >= 11 is 0. The zero-order valence-corrected chi connectivity index (χ0v) is 12.7. The molecule has 2 N–H and O–H groups in total. The van der Waals surface area contributed by atoms with Gasteiger partial charge in [-0.1, -0.05) is 13.8 Å². The van der Waals surface area contributed by atoms with Gasteiger partial charge in [-0.25, -0.2) is 0 Å². The maximum absolute atomic E-state index is 11.9. The Hall–Kier alpha value is -1.20. The Labute approximate surface area is 122 Å². The summed E-state index contributed by atoms with van der Waals surface area (Å²) in [5, 5.41) is 12.7. The minimum atomic E-state index is -1.04. The highest BCUT2D eigenvalue weighted by Gasteiger charge is 2.34. The van der Waals surface area contributed by atoms with Gasteiger partial charge in [0.2, 0.25) is 0 Å². The van der Waals surface area contributed by atoms with E-state index in [-0.39, 0.29) is 11.2 Å². The molecule has 0 aliphatic heterocycles. The van der Waals surface area contributed by atoms with Crippen LogP contribution in [0.4, 0.5) is 0 Å². The number of carbonyl (C=O) groups is 1. The number of benzene rings is 1. The lowest BCUT2D eigenvalue weighted by molar-refractivity contribution is -0.0300. The predicted molar refractivity (Wildman–Crippen MR) is 79.1 cm³/mol. The Bertz CT molecular complexity index is 506. The van der Waals surface area contributed by atoms with Crippen molar-refractivity contribution in [1.29, 1.82) is 0 Å². The van der Waals surface area contributed by atoms with E-state index >= 15 is 0 Å². The van der Waals surface area contributed by atoms with Crippen LogP contribution in [0.3, 0.4) is 0 Å². The van der Waals surface area contributed by atoms with E-state index in [2.05, 4.69) is 5.32 Å². The minimum absolute atomic E-state index is 0.0579. The van der Waals surface area contributed by atoms with Crippen LogP contribution in [0, 0.1) is 0 Å². The Kier molecular flexibility index (Phi) is 4.60. The third-order valence-electron chi connectivity index (χ3n) is 3.64. The fourth-order valence-corrected chi connectivity index (χ4v) is 3.07. The van der Waals surface area contributed by atoms with E-state index in [1.54, 1.807) is 24.3 Å². The van der Waals surface area contributed by atoms with Gasteiger partial charge < -0.3 is 10.4 Å². The summed E-state index contributed by atoms with van der Waals surface area (Å²) in [6.45, 7) is 4.09. The number of rotatable bonds is 5. The molecule has 4 nitrogen and oxygen atoms in total. The van der Waals surface area contributed by atoms with E-state index in [4.69, 9.17) is 0 Å². The van der Waals surface area contributed by atoms with Crippen LogP contribution in [0.15, 0.2) is 29.2 Å². The SMILES string of the molecule is CC(C)S(=O)c1ccc(C(=O)NCC2(O)CCC2)cc1. The average Bonchev–Trinajstić information content (AvgIpc) is 2.42. The molecule has 1 fully saturated rings. The highest BCUT2D eigenvalue weighted by atomic mass is 32.2. The molecule has 1 saturated carbocycles. The third kappa shape index (κ3) is 3.46. The Morgan fingerprint density at radius 2 is 1.95 bits per heavy atom. The molecule has 0 heterocycles. The molecule has 0 bridgehead atoms. The van der Waals surface area contributed by atoms with Crippen LogP contribution < -0.4 is 5.32 Å². The first kappa shape index (κ1) is 15.2. The van der Waals surface area contributed by atoms with Gasteiger partial charge in [-0.2, -0.15) is 0 Å². The lowest BCUT2D eigenvalue weighted by Gasteiger charge is -2.36. The Balaban J connectivity index is 1.95. The zero-order valence-electron chi connectivity index (χ0n) is 11.9. The summed E-state index contributed by atoms with van der Waals surface area (Å²) in [4.78, 5) is 12.7. The van der Waals surface area contributed by atoms with Crippen molar-refractivity contribution in [3.63, 3.8) is 0 Å². The van der Waals surface area contributed by atoms with Crippen LogP contribution in [-0.4, -0.2) is 32.6 Å². The van der Waals surface area contributed by atoms with Crippen molar-refractivity contribution in [3.8, 4) is 0 Å². The smallest absolute Gasteiger partial charge is 0.251 e. The molecule has 1 atom stereocenters. The molecule has 0 saturated heterocycles. The molecular weight excluding hydrogens is 274 g/mol. The molecule has 1 amide bonds. The highest BCUT2D eigenvalue weighted by Crippen LogP contribution is 2.30. The standard InChI is InChI=1S/C15H21NO3S/c1-11(2)20(19)13-6-4-12(5-7-13)14(17)16-10-15(18)8-3-9-15/h4-7,11,18H,3,8-10H2,1-2H3,(H,16,17). The highest BCUT2D eigenvalue weighted by molar-refractivity contribution is 7.85. The maximum atomic E-state index is 11.9. The predicted octanol–water partition coefficient (Wildman–Crippen LogP) is 1.85. The molecule has 2 rings (SSSR count). The maximum Gasteiger partial charge on any atom is 0.251 e. The first-order valence-electron chi connectivity index (χ1n) is 6.92. The van der Waals surface area contributed by atoms with Crippen LogP contribution in [0.1, 0.15) is 43.5 Å². The number of carbonyl (C=O) groups excluding carboxylic acids is 1. The Morgan fingerprint density at radius 1 is 1.35 bits per heavy atom. The summed E-state index contributed by atoms with van der Waals surface area (Å²) in [6.07, 6.45) is 2.52. The van der Waals surface area contributed by atoms with E-state index in [0.29, 0.717) is 12.1 Å². The van der Waals surface area contributed by atoms with Crippen LogP contribution >= 0.6 is 0 Å². The second kappa shape index (κ2) is 6.06. The van der Waals surface area contributed by atoms with Gasteiger partial charge in [0.05, 0.1) is 16.4 Å². The molecule has 1 unspecified atom stereocenters. The zero-order chi connectivity index (χ0) is 14.8. The first-order chi connectivity index (χ1) is 9.41. The molecule has 0 aromatic heterocycles. The molecule has 1 aliphatic carbocycles. The fourth-order valence-electron chi connectivity index (χ4n) is 2.12. The molecule has 5 heteroatoms. The number of aliphatic hydroxyl groups is 1. The molecule has 0 spiro atoms. The van der Waals surface area contributed by atoms with Crippen molar-refractivity contribution in [2.45, 2.75) is 48.9 Å². The molecule has 1 aromatic carbocycles. The van der Waals surface area contributed by atoms with Crippen molar-refractivity contribution in [2.24, 2.45) is 0 Å². The van der Waals surface area contributed by atoms with E-state index in [9.17, 15) is 14.1 Å². The van der Waals surface area contributed by atoms with Gasteiger partial charge in [-0.3, -0.25) is 9.00 Å². The van der Waals surface area contributed by atoms with E-state index in [1.807, 2.05) is 13.8 Å². The lowest BCUT2D eigenvalue weighted by Crippen LogP contribution is -2.47. The van der Waals surface area contributed by atoms with Gasteiger partial charge in [0.25, 0.3) is 5.91 Å². The quantitative estimate of drug-likeness (QED) is 0.871. The number of hydrogen-bond donors (Lipinski definition) is 2. The summed E-state index contributed by atoms with van der Waals surface area (Å²) in [6, 6.07) is 6.80. The fraction of sp³-hybridized carbons (Fsp3) is 0.533. The van der Waals surface area contributed by atoms with Crippen LogP contribution in [0.5, 0.6) is 0 Å². The lowest BCUT2D eigenvalue weighted by atomic mass is 9.80. The minimum Gasteiger partial charge on any atom is -0.388 e. The van der Waals surface area contributed by atoms with Gasteiger partial charge in [0, 0.05) is 22.3 Å². The van der Waals surface area contributed by atoms with E-state index in [0.717, 1.165) is 24.2 Å². The number of hydrogen-bond acceptors (Lipinski definition) is 3. The Morgan fingerprint density at radius 3 is 2.40 bits per heavy atom. The van der Waals surface area contributed by atoms with E-state index < -0.39 is 16.4 Å². The molecule has 1 aromatic rings. The van der Waals surface area contributed by atoms with E-state index in [1.165, 1.54) is 0 Å². The van der Waals surface area contributed by atoms with Crippen molar-refractivity contribution in [3.05, 3.63) is 29.8 Å². The first-order valence-corrected chi connectivity index (χ1v) is 8.14. The van der Waals surface area contributed by atoms with Gasteiger partial charge in [-0.15, -0.1) is 0 Å². The molecule has 110 valence electrons. The average molecular weight is 295 g/mol. The molecule has 0 radical (unpaired) electrons. The van der Waals surface area contributed by atoms with Gasteiger partial charge in [0.15, 0.2) is 0 Å². The number of nitrogens with one attached hydrogen (secondary N) is 1. The molecule has 1 aliphatic rings. The van der Waals surface area contributed by atoms with Gasteiger partial charge in [-0.05, 0) is 43.5 Å². The summed E-state index contributed by atoms with van der Waals surface area (Å²) in [7, 11) is -1.04. The second-order valence-electron chi connectivity index (χ2n) is 5.63. The second-order valence-corrected chi connectivity index (χ2v) is 7.64. The van der Waals surface area contributed by atoms with Crippen LogP contribution in [0.25, 0.3) is 0 Å². The van der Waals surface area contributed by atoms with Crippen molar-refractivity contribution < 1.29 is 14.1 Å².